The lowest BCUT2D eigenvalue weighted by atomic mass is 10.2. The van der Waals surface area contributed by atoms with Crippen molar-refractivity contribution in [3.8, 4) is 11.5 Å². The summed E-state index contributed by atoms with van der Waals surface area (Å²) in [4.78, 5) is 15.9. The molecule has 1 atom stereocenters. The van der Waals surface area contributed by atoms with Gasteiger partial charge in [-0.3, -0.25) is 9.13 Å². The molecule has 0 spiro atoms. The van der Waals surface area contributed by atoms with Gasteiger partial charge in [0.15, 0.2) is 5.15 Å². The van der Waals surface area contributed by atoms with E-state index in [2.05, 4.69) is 10.2 Å². The molecule has 35 heavy (non-hydrogen) atoms. The highest BCUT2D eigenvalue weighted by atomic mass is 35.5. The van der Waals surface area contributed by atoms with Gasteiger partial charge in [-0.1, -0.05) is 29.8 Å². The molecule has 0 amide bonds. The number of aryl methyl sites for hydroxylation is 1. The highest BCUT2D eigenvalue weighted by molar-refractivity contribution is 6.29. The van der Waals surface area contributed by atoms with Crippen LogP contribution in [0.5, 0.6) is 11.5 Å². The quantitative estimate of drug-likeness (QED) is 0.397. The molecular weight excluding hydrogens is 473 g/mol. The number of methoxy groups -OCH3 is 2. The molecule has 0 bridgehead atoms. The van der Waals surface area contributed by atoms with Crippen molar-refractivity contribution in [1.82, 2.24) is 19.3 Å². The molecule has 0 unspecified atom stereocenters. The van der Waals surface area contributed by atoms with Gasteiger partial charge >= 0.3 is 5.69 Å². The number of rotatable bonds is 6. The summed E-state index contributed by atoms with van der Waals surface area (Å²) < 4.78 is 29.1. The van der Waals surface area contributed by atoms with E-state index in [-0.39, 0.29) is 29.2 Å². The molecule has 10 heteroatoms. The second-order valence-electron chi connectivity index (χ2n) is 8.54. The minimum absolute atomic E-state index is 0.124. The number of aromatic nitrogens is 4. The van der Waals surface area contributed by atoms with Crippen molar-refractivity contribution in [2.75, 3.05) is 32.2 Å². The van der Waals surface area contributed by atoms with Gasteiger partial charge < -0.3 is 14.4 Å². The van der Waals surface area contributed by atoms with Gasteiger partial charge in [0.05, 0.1) is 38.0 Å². The number of hydrogen-bond donors (Lipinski definition) is 0. The fraction of sp³-hybridized carbons (Fsp3) is 0.320. The van der Waals surface area contributed by atoms with Crippen molar-refractivity contribution in [2.45, 2.75) is 25.9 Å². The molecule has 8 nitrogen and oxygen atoms in total. The van der Waals surface area contributed by atoms with Crippen LogP contribution in [0, 0.1) is 12.7 Å². The van der Waals surface area contributed by atoms with Crippen LogP contribution in [0.15, 0.2) is 47.3 Å². The molecule has 1 aliphatic heterocycles. The van der Waals surface area contributed by atoms with E-state index < -0.39 is 0 Å². The summed E-state index contributed by atoms with van der Waals surface area (Å²) in [6.07, 6.45) is 0.702. The van der Waals surface area contributed by atoms with Gasteiger partial charge in [0, 0.05) is 19.2 Å². The highest BCUT2D eigenvalue weighted by Gasteiger charge is 2.31. The number of nitrogens with zero attached hydrogens (tertiary/aromatic N) is 5. The van der Waals surface area contributed by atoms with Crippen molar-refractivity contribution < 1.29 is 13.9 Å². The Morgan fingerprint density at radius 1 is 1.11 bits per heavy atom. The molecular formula is C25H25ClFN5O3. The molecule has 1 aliphatic rings. The lowest BCUT2D eigenvalue weighted by molar-refractivity contribution is 0.402. The average molecular weight is 498 g/mol. The fourth-order valence-corrected chi connectivity index (χ4v) is 5.10. The first-order chi connectivity index (χ1) is 16.9. The zero-order valence-electron chi connectivity index (χ0n) is 19.7. The van der Waals surface area contributed by atoms with E-state index in [1.807, 2.05) is 36.1 Å². The maximum Gasteiger partial charge on any atom is 0.329 e. The summed E-state index contributed by atoms with van der Waals surface area (Å²) in [5.74, 6) is 0.754. The number of ether oxygens (including phenoxy) is 2. The Balaban J connectivity index is 1.60. The summed E-state index contributed by atoms with van der Waals surface area (Å²) in [5.41, 5.74) is 3.12. The first-order valence-electron chi connectivity index (χ1n) is 11.3. The largest absolute Gasteiger partial charge is 0.495 e. The molecule has 182 valence electrons. The van der Waals surface area contributed by atoms with Crippen molar-refractivity contribution in [1.29, 1.82) is 0 Å². The Morgan fingerprint density at radius 3 is 2.63 bits per heavy atom. The zero-order valence-corrected chi connectivity index (χ0v) is 20.4. The van der Waals surface area contributed by atoms with E-state index in [9.17, 15) is 9.18 Å². The van der Waals surface area contributed by atoms with Gasteiger partial charge in [-0.05, 0) is 37.1 Å². The minimum atomic E-state index is -0.254. The van der Waals surface area contributed by atoms with Crippen LogP contribution >= 0.6 is 11.6 Å². The predicted molar refractivity (Wildman–Crippen MR) is 132 cm³/mol. The number of anilines is 1. The molecule has 0 radical (unpaired) electrons. The number of halogens is 2. The summed E-state index contributed by atoms with van der Waals surface area (Å²) in [6.45, 7) is 3.18. The summed E-state index contributed by atoms with van der Waals surface area (Å²) in [5, 5.41) is 8.28. The second kappa shape index (κ2) is 9.22. The number of fused-ring (bicyclic) bond motifs is 1. The maximum atomic E-state index is 14.6. The van der Waals surface area contributed by atoms with E-state index in [1.165, 1.54) is 13.2 Å². The number of benzene rings is 2. The van der Waals surface area contributed by atoms with Crippen molar-refractivity contribution in [3.63, 3.8) is 0 Å². The Hall–Kier alpha value is -3.59. The van der Waals surface area contributed by atoms with Crippen LogP contribution in [0.3, 0.4) is 0 Å². The van der Waals surface area contributed by atoms with Crippen LogP contribution in [0.1, 0.15) is 23.7 Å². The average Bonchev–Trinajstić information content (AvgIpc) is 3.42. The van der Waals surface area contributed by atoms with Crippen LogP contribution in [-0.2, 0) is 6.54 Å². The van der Waals surface area contributed by atoms with Crippen molar-refractivity contribution in [2.24, 2.45) is 0 Å². The first-order valence-corrected chi connectivity index (χ1v) is 11.6. The molecule has 5 rings (SSSR count). The van der Waals surface area contributed by atoms with Gasteiger partial charge in [0.2, 0.25) is 0 Å². The molecule has 0 aliphatic carbocycles. The van der Waals surface area contributed by atoms with E-state index in [1.54, 1.807) is 28.4 Å². The van der Waals surface area contributed by atoms with Gasteiger partial charge in [0.25, 0.3) is 0 Å². The molecule has 2 aromatic carbocycles. The number of para-hydroxylation sites is 2. The van der Waals surface area contributed by atoms with Crippen LogP contribution in [0.2, 0.25) is 5.15 Å². The molecule has 4 aromatic rings. The van der Waals surface area contributed by atoms with E-state index in [4.69, 9.17) is 21.1 Å². The molecule has 2 aromatic heterocycles. The highest BCUT2D eigenvalue weighted by Crippen LogP contribution is 2.34. The van der Waals surface area contributed by atoms with Crippen LogP contribution in [-0.4, -0.2) is 46.6 Å². The molecule has 3 heterocycles. The summed E-state index contributed by atoms with van der Waals surface area (Å²) in [7, 11) is 3.09. The lowest BCUT2D eigenvalue weighted by Gasteiger charge is -2.21. The van der Waals surface area contributed by atoms with E-state index >= 15 is 0 Å². The maximum absolute atomic E-state index is 14.6. The number of imidazole rings is 1. The minimum Gasteiger partial charge on any atom is -0.495 e. The van der Waals surface area contributed by atoms with Crippen LogP contribution in [0.4, 0.5) is 10.1 Å². The topological polar surface area (TPSA) is 74.4 Å². The monoisotopic (exact) mass is 497 g/mol. The van der Waals surface area contributed by atoms with Crippen molar-refractivity contribution >= 4 is 28.3 Å². The third-order valence-electron chi connectivity index (χ3n) is 6.53. The van der Waals surface area contributed by atoms with Gasteiger partial charge in [-0.15, -0.1) is 10.2 Å². The third kappa shape index (κ3) is 3.99. The fourth-order valence-electron chi connectivity index (χ4n) is 4.96. The standard InChI is InChI=1S/C25H25ClFN5O3/c1-15-6-4-7-17(27)23(15)30-11-10-16(13-30)32-19-8-5-9-20(34-2)24(19)31(25(32)33)14-18-21(35-3)12-22(26)29-28-18/h4-9,12,16H,10-11,13-14H2,1-3H3/t16-/m1/s1. The third-order valence-corrected chi connectivity index (χ3v) is 6.71. The van der Waals surface area contributed by atoms with E-state index in [0.717, 1.165) is 11.1 Å². The molecule has 0 N–H and O–H groups in total. The molecule has 1 saturated heterocycles. The Bertz CT molecular complexity index is 1450. The van der Waals surface area contributed by atoms with Gasteiger partial charge in [-0.25, -0.2) is 9.18 Å². The predicted octanol–water partition coefficient (Wildman–Crippen LogP) is 4.21. The van der Waals surface area contributed by atoms with Gasteiger partial charge in [0.1, 0.15) is 28.5 Å². The molecule has 1 fully saturated rings. The van der Waals surface area contributed by atoms with E-state index in [0.29, 0.717) is 47.9 Å². The zero-order chi connectivity index (χ0) is 24.7. The Morgan fingerprint density at radius 2 is 1.89 bits per heavy atom. The molecule has 0 saturated carbocycles. The lowest BCUT2D eigenvalue weighted by Crippen LogP contribution is -2.30. The summed E-state index contributed by atoms with van der Waals surface area (Å²) in [6, 6.07) is 12.1. The Kier molecular flexibility index (Phi) is 6.10. The SMILES string of the molecule is COc1cc(Cl)nnc1Cn1c(=O)n([C@@H]2CCN(c3c(C)cccc3F)C2)c2cccc(OC)c21. The number of hydrogen-bond acceptors (Lipinski definition) is 6. The van der Waals surface area contributed by atoms with Gasteiger partial charge in [-0.2, -0.15) is 0 Å². The van der Waals surface area contributed by atoms with Crippen molar-refractivity contribution in [3.05, 3.63) is 75.2 Å². The smallest absolute Gasteiger partial charge is 0.329 e. The van der Waals surface area contributed by atoms with Crippen LogP contribution < -0.4 is 20.1 Å². The van der Waals surface area contributed by atoms with Crippen LogP contribution in [0.25, 0.3) is 11.0 Å². The second-order valence-corrected chi connectivity index (χ2v) is 8.93. The normalized spacial score (nSPS) is 15.7. The Labute approximate surface area is 206 Å². The first kappa shape index (κ1) is 23.2. The summed E-state index contributed by atoms with van der Waals surface area (Å²) >= 11 is 5.97.